The van der Waals surface area contributed by atoms with E-state index >= 15 is 0 Å². The Morgan fingerprint density at radius 1 is 1.39 bits per heavy atom. The van der Waals surface area contributed by atoms with E-state index in [1.165, 1.54) is 0 Å². The number of hydrogen-bond donors (Lipinski definition) is 0. The van der Waals surface area contributed by atoms with Gasteiger partial charge in [0.05, 0.1) is 19.4 Å². The van der Waals surface area contributed by atoms with Crippen LogP contribution in [-0.4, -0.2) is 63.0 Å². The molecule has 0 aliphatic carbocycles. The van der Waals surface area contributed by atoms with E-state index in [-0.39, 0.29) is 18.2 Å². The van der Waals surface area contributed by atoms with Gasteiger partial charge in [-0.1, -0.05) is 6.92 Å². The molecule has 0 aromatic rings. The van der Waals surface area contributed by atoms with Crippen molar-refractivity contribution in [1.29, 1.82) is 0 Å². The molecule has 5 nitrogen and oxygen atoms in total. The monoisotopic (exact) mass is 337 g/mol. The smallest absolute Gasteiger partial charge is 0.259 e. The van der Waals surface area contributed by atoms with E-state index < -0.39 is 8.53 Å². The Bertz CT molecular complexity index is 374. The summed E-state index contributed by atoms with van der Waals surface area (Å²) >= 11 is 0. The summed E-state index contributed by atoms with van der Waals surface area (Å²) in [4.78, 5) is 3.36. The van der Waals surface area contributed by atoms with Crippen molar-refractivity contribution >= 4 is 23.4 Å². The zero-order valence-corrected chi connectivity index (χ0v) is 15.8. The van der Waals surface area contributed by atoms with Crippen LogP contribution in [0.15, 0.2) is 0 Å². The summed E-state index contributed by atoms with van der Waals surface area (Å²) in [5.74, 6) is 0. The van der Waals surface area contributed by atoms with E-state index in [4.69, 9.17) is 28.1 Å². The van der Waals surface area contributed by atoms with Crippen molar-refractivity contribution in [3.8, 4) is 0 Å². The zero-order valence-electron chi connectivity index (χ0n) is 14.9. The van der Waals surface area contributed by atoms with Gasteiger partial charge in [-0.3, -0.25) is 0 Å². The molecule has 8 heteroatoms. The first-order valence-electron chi connectivity index (χ1n) is 8.36. The summed E-state index contributed by atoms with van der Waals surface area (Å²) in [7, 11) is 5.99. The highest BCUT2D eigenvalue weighted by Crippen LogP contribution is 2.49. The fourth-order valence-corrected chi connectivity index (χ4v) is 4.50. The van der Waals surface area contributed by atoms with Gasteiger partial charge in [-0.25, -0.2) is 11.2 Å². The molecule has 1 heterocycles. The highest BCUT2D eigenvalue weighted by molar-refractivity contribution is 7.44. The van der Waals surface area contributed by atoms with Crippen LogP contribution in [0.2, 0.25) is 0 Å². The van der Waals surface area contributed by atoms with Crippen LogP contribution in [0.3, 0.4) is 0 Å². The molecule has 0 bridgehead atoms. The number of ether oxygens (including phenoxy) is 1. The lowest BCUT2D eigenvalue weighted by atomic mass is 9.51. The molecule has 0 N–H and O–H groups in total. The Morgan fingerprint density at radius 2 is 2.04 bits per heavy atom. The molecule has 1 rings (SSSR count). The van der Waals surface area contributed by atoms with E-state index in [1.807, 2.05) is 0 Å². The number of nitrogens with zero attached hydrogens (tertiary/aromatic N) is 2. The Balaban J connectivity index is 2.80. The predicted octanol–water partition coefficient (Wildman–Crippen LogP) is 2.97. The topological polar surface area (TPSA) is 35.3 Å². The lowest BCUT2D eigenvalue weighted by molar-refractivity contribution is 0.0316. The minimum Gasteiger partial charge on any atom is -0.382 e. The molecule has 127 valence electrons. The van der Waals surface area contributed by atoms with Gasteiger partial charge in [-0.05, 0) is 40.5 Å². The molecule has 0 aromatic heterocycles. The Labute approximate surface area is 144 Å². The van der Waals surface area contributed by atoms with Crippen LogP contribution in [0, 0.1) is 6.57 Å². The summed E-state index contributed by atoms with van der Waals surface area (Å²) in [6.07, 6.45) is 1.65. The van der Waals surface area contributed by atoms with Crippen molar-refractivity contribution in [1.82, 2.24) is 4.67 Å². The summed E-state index contributed by atoms with van der Waals surface area (Å²) in [5, 5.41) is 0. The van der Waals surface area contributed by atoms with Crippen molar-refractivity contribution in [2.75, 3.05) is 13.2 Å². The third-order valence-electron chi connectivity index (χ3n) is 3.72. The predicted molar refractivity (Wildman–Crippen MR) is 96.4 cm³/mol. The van der Waals surface area contributed by atoms with Crippen LogP contribution in [0.5, 0.6) is 0 Å². The Morgan fingerprint density at radius 3 is 2.52 bits per heavy atom. The van der Waals surface area contributed by atoms with Crippen LogP contribution in [0.1, 0.15) is 47.5 Å². The second-order valence-corrected chi connectivity index (χ2v) is 7.62. The fraction of sp³-hybridized carbons (Fsp3) is 0.933. The molecule has 1 aliphatic heterocycles. The van der Waals surface area contributed by atoms with Crippen molar-refractivity contribution in [2.45, 2.75) is 77.8 Å². The molecule has 0 spiro atoms. The first kappa shape index (κ1) is 20.9. The Kier molecular flexibility index (Phi) is 9.73. The van der Waals surface area contributed by atoms with Gasteiger partial charge >= 0.3 is 0 Å². The molecule has 0 aromatic carbocycles. The minimum atomic E-state index is -1.23. The second kappa shape index (κ2) is 10.7. The molecule has 1 unspecified atom stereocenters. The molecule has 1 fully saturated rings. The molecule has 1 saturated heterocycles. The van der Waals surface area contributed by atoms with Gasteiger partial charge in [0.1, 0.15) is 6.61 Å². The minimum absolute atomic E-state index is 0.0242. The van der Waals surface area contributed by atoms with Crippen LogP contribution in [-0.2, 0) is 13.8 Å². The summed E-state index contributed by atoms with van der Waals surface area (Å²) in [6.45, 7) is 18.3. The van der Waals surface area contributed by atoms with Crippen molar-refractivity contribution in [3.05, 3.63) is 11.4 Å². The second-order valence-electron chi connectivity index (χ2n) is 6.21. The van der Waals surface area contributed by atoms with Gasteiger partial charge in [0.15, 0.2) is 0 Å². The lowest BCUT2D eigenvalue weighted by Crippen LogP contribution is -2.35. The highest BCUT2D eigenvalue weighted by atomic mass is 31.2. The van der Waals surface area contributed by atoms with Gasteiger partial charge < -0.3 is 18.6 Å². The first-order chi connectivity index (χ1) is 10.9. The fourth-order valence-electron chi connectivity index (χ4n) is 2.75. The SMILES string of the molecule is [B][B][C@H]1C[C@@H](OP(OCC[N+]#[C-])N(C(C)C)C(C)C)[C@@H](CC)O1. The van der Waals surface area contributed by atoms with Crippen molar-refractivity contribution in [2.24, 2.45) is 0 Å². The standard InChI is InChI=1S/C15H28B2N2O3P/c1-7-13-14(10-15(17-16)21-13)22-23(20-9-8-18-6)19(11(2)3)12(4)5/h11-15H,7-10H2,1-5H3/t13-,14-,15-,23?/m1/s1. The molecule has 4 atom stereocenters. The van der Waals surface area contributed by atoms with Crippen molar-refractivity contribution in [3.63, 3.8) is 0 Å². The maximum atomic E-state index is 6.92. The van der Waals surface area contributed by atoms with Gasteiger partial charge in [0, 0.05) is 25.8 Å². The zero-order chi connectivity index (χ0) is 17.4. The summed E-state index contributed by atoms with van der Waals surface area (Å²) < 4.78 is 20.4. The maximum absolute atomic E-state index is 6.92. The van der Waals surface area contributed by atoms with E-state index in [0.29, 0.717) is 25.2 Å². The summed E-state index contributed by atoms with van der Waals surface area (Å²) in [6, 6.07) is 0.540. The van der Waals surface area contributed by atoms with Gasteiger partial charge in [0.25, 0.3) is 8.53 Å². The molecule has 3 radical (unpaired) electrons. The average Bonchev–Trinajstić information content (AvgIpc) is 2.88. The number of rotatable bonds is 10. The number of hydrogen-bond acceptors (Lipinski definition) is 4. The molecular weight excluding hydrogens is 309 g/mol. The van der Waals surface area contributed by atoms with Gasteiger partial charge in [-0.15, -0.1) is 0 Å². The van der Waals surface area contributed by atoms with Crippen LogP contribution in [0.4, 0.5) is 0 Å². The molecule has 0 amide bonds. The van der Waals surface area contributed by atoms with E-state index in [0.717, 1.165) is 12.8 Å². The van der Waals surface area contributed by atoms with E-state index in [2.05, 4.69) is 44.1 Å². The van der Waals surface area contributed by atoms with Crippen LogP contribution in [0.25, 0.3) is 4.85 Å². The summed E-state index contributed by atoms with van der Waals surface area (Å²) in [5.41, 5.74) is 0. The van der Waals surface area contributed by atoms with Crippen LogP contribution >= 0.6 is 8.53 Å². The average molecular weight is 337 g/mol. The Hall–Kier alpha value is -0.110. The quantitative estimate of drug-likeness (QED) is 0.266. The third-order valence-corrected chi connectivity index (χ3v) is 5.88. The lowest BCUT2D eigenvalue weighted by Gasteiger charge is -2.37. The molecule has 0 saturated carbocycles. The molecular formula is C15H28B2N2O3P. The largest absolute Gasteiger partial charge is 0.382 e. The third kappa shape index (κ3) is 6.36. The van der Waals surface area contributed by atoms with Gasteiger partial charge in [0.2, 0.25) is 6.54 Å². The highest BCUT2D eigenvalue weighted by Gasteiger charge is 2.38. The normalized spacial score (nSPS) is 26.0. The molecule has 23 heavy (non-hydrogen) atoms. The maximum Gasteiger partial charge on any atom is 0.259 e. The molecule has 1 aliphatic rings. The van der Waals surface area contributed by atoms with Crippen LogP contribution < -0.4 is 0 Å². The van der Waals surface area contributed by atoms with Crippen molar-refractivity contribution < 1.29 is 13.8 Å². The first-order valence-corrected chi connectivity index (χ1v) is 9.49. The van der Waals surface area contributed by atoms with E-state index in [9.17, 15) is 0 Å². The van der Waals surface area contributed by atoms with Gasteiger partial charge in [-0.2, -0.15) is 0 Å². The van der Waals surface area contributed by atoms with E-state index in [1.54, 1.807) is 7.17 Å².